The van der Waals surface area contributed by atoms with E-state index in [0.29, 0.717) is 21.8 Å². The van der Waals surface area contributed by atoms with E-state index in [9.17, 15) is 4.79 Å². The van der Waals surface area contributed by atoms with Crippen LogP contribution in [0, 0.1) is 6.92 Å². The lowest BCUT2D eigenvalue weighted by atomic mass is 10.0. The molecule has 146 valence electrons. The highest BCUT2D eigenvalue weighted by Crippen LogP contribution is 2.29. The zero-order chi connectivity index (χ0) is 20.1. The average molecular weight is 433 g/mol. The summed E-state index contributed by atoms with van der Waals surface area (Å²) in [6.45, 7) is 6.28. The minimum absolute atomic E-state index is 0.135. The predicted octanol–water partition coefficient (Wildman–Crippen LogP) is 6.10. The van der Waals surface area contributed by atoms with Gasteiger partial charge in [-0.05, 0) is 48.2 Å². The lowest BCUT2D eigenvalue weighted by Gasteiger charge is -2.07. The van der Waals surface area contributed by atoms with E-state index in [0.717, 1.165) is 15.6 Å². The van der Waals surface area contributed by atoms with Gasteiger partial charge >= 0.3 is 0 Å². The molecule has 2 N–H and O–H groups in total. The Morgan fingerprint density at radius 2 is 1.93 bits per heavy atom. The van der Waals surface area contributed by atoms with Crippen LogP contribution in [0.2, 0.25) is 5.02 Å². The van der Waals surface area contributed by atoms with Gasteiger partial charge in [0.25, 0.3) is 0 Å². The second-order valence-electron chi connectivity index (χ2n) is 6.59. The number of anilines is 3. The van der Waals surface area contributed by atoms with E-state index < -0.39 is 0 Å². The highest BCUT2D eigenvalue weighted by atomic mass is 35.5. The van der Waals surface area contributed by atoms with E-state index in [2.05, 4.69) is 46.8 Å². The third kappa shape index (κ3) is 5.70. The van der Waals surface area contributed by atoms with E-state index in [1.165, 1.54) is 28.7 Å². The molecule has 3 rings (SSSR count). The summed E-state index contributed by atoms with van der Waals surface area (Å²) < 4.78 is 0.728. The quantitative estimate of drug-likeness (QED) is 0.441. The molecule has 0 aliphatic rings. The van der Waals surface area contributed by atoms with Crippen LogP contribution < -0.4 is 10.6 Å². The van der Waals surface area contributed by atoms with Crippen LogP contribution in [0.3, 0.4) is 0 Å². The van der Waals surface area contributed by atoms with Crippen LogP contribution in [-0.2, 0) is 4.79 Å². The number of nitrogens with zero attached hydrogens (tertiary/aromatic N) is 2. The largest absolute Gasteiger partial charge is 0.330 e. The Balaban J connectivity index is 1.52. The first-order valence-corrected chi connectivity index (χ1v) is 11.0. The minimum Gasteiger partial charge on any atom is -0.330 e. The van der Waals surface area contributed by atoms with Gasteiger partial charge in [-0.3, -0.25) is 4.79 Å². The number of aromatic nitrogens is 2. The summed E-state index contributed by atoms with van der Waals surface area (Å²) in [6.07, 6.45) is 0. The predicted molar refractivity (Wildman–Crippen MR) is 119 cm³/mol. The Labute approximate surface area is 177 Å². The number of carbonyl (C=O) groups excluding carboxylic acids is 1. The zero-order valence-electron chi connectivity index (χ0n) is 15.8. The monoisotopic (exact) mass is 432 g/mol. The van der Waals surface area contributed by atoms with Gasteiger partial charge in [-0.15, -0.1) is 10.2 Å². The number of rotatable bonds is 7. The van der Waals surface area contributed by atoms with Gasteiger partial charge in [0.2, 0.25) is 11.0 Å². The summed E-state index contributed by atoms with van der Waals surface area (Å²) >= 11 is 8.91. The molecular formula is C20H21ClN4OS2. The summed E-state index contributed by atoms with van der Waals surface area (Å²) in [4.78, 5) is 12.2. The molecule has 2 aromatic carbocycles. The van der Waals surface area contributed by atoms with Crippen LogP contribution in [0.25, 0.3) is 0 Å². The SMILES string of the molecule is Cc1ccc(NC(=O)CSc2nnc(Nc3ccc(C(C)C)cc3)s2)c(Cl)c1. The summed E-state index contributed by atoms with van der Waals surface area (Å²) in [5.74, 6) is 0.603. The van der Waals surface area contributed by atoms with Crippen molar-refractivity contribution in [3.63, 3.8) is 0 Å². The molecule has 3 aromatic rings. The molecule has 0 atom stereocenters. The molecule has 0 radical (unpaired) electrons. The van der Waals surface area contributed by atoms with Crippen LogP contribution in [0.1, 0.15) is 30.9 Å². The second-order valence-corrected chi connectivity index (χ2v) is 9.20. The fourth-order valence-electron chi connectivity index (χ4n) is 2.43. The third-order valence-corrected chi connectivity index (χ3v) is 6.25. The minimum atomic E-state index is -0.135. The van der Waals surface area contributed by atoms with Crippen LogP contribution >= 0.6 is 34.7 Å². The van der Waals surface area contributed by atoms with Crippen LogP contribution in [0.15, 0.2) is 46.8 Å². The third-order valence-electron chi connectivity index (χ3n) is 3.96. The Bertz CT molecular complexity index is 957. The van der Waals surface area contributed by atoms with Gasteiger partial charge in [-0.2, -0.15) is 0 Å². The molecule has 8 heteroatoms. The number of nitrogens with one attached hydrogen (secondary N) is 2. The number of aryl methyl sites for hydroxylation is 1. The maximum Gasteiger partial charge on any atom is 0.234 e. The van der Waals surface area contributed by atoms with Crippen molar-refractivity contribution in [3.8, 4) is 0 Å². The molecule has 0 aliphatic carbocycles. The number of hydrogen-bond acceptors (Lipinski definition) is 6. The first-order valence-electron chi connectivity index (χ1n) is 8.80. The van der Waals surface area contributed by atoms with Crippen molar-refractivity contribution in [3.05, 3.63) is 58.6 Å². The molecule has 5 nitrogen and oxygen atoms in total. The molecule has 0 spiro atoms. The van der Waals surface area contributed by atoms with Crippen molar-refractivity contribution in [2.75, 3.05) is 16.4 Å². The van der Waals surface area contributed by atoms with E-state index in [1.807, 2.05) is 31.2 Å². The van der Waals surface area contributed by atoms with Gasteiger partial charge in [-0.25, -0.2) is 0 Å². The number of benzene rings is 2. The summed E-state index contributed by atoms with van der Waals surface area (Å²) in [7, 11) is 0. The number of amides is 1. The number of thioether (sulfide) groups is 1. The maximum absolute atomic E-state index is 12.2. The van der Waals surface area contributed by atoms with Crippen molar-refractivity contribution < 1.29 is 4.79 Å². The summed E-state index contributed by atoms with van der Waals surface area (Å²) in [5, 5.41) is 15.6. The Kier molecular flexibility index (Phi) is 6.93. The average Bonchev–Trinajstić information content (AvgIpc) is 3.10. The van der Waals surface area contributed by atoms with Crippen molar-refractivity contribution >= 4 is 57.1 Å². The van der Waals surface area contributed by atoms with E-state index in [4.69, 9.17) is 11.6 Å². The number of hydrogen-bond donors (Lipinski definition) is 2. The molecule has 1 aromatic heterocycles. The van der Waals surface area contributed by atoms with Gasteiger partial charge in [0.15, 0.2) is 4.34 Å². The van der Waals surface area contributed by atoms with Gasteiger partial charge < -0.3 is 10.6 Å². The van der Waals surface area contributed by atoms with Gasteiger partial charge in [-0.1, -0.05) is 66.7 Å². The van der Waals surface area contributed by atoms with Crippen LogP contribution in [-0.4, -0.2) is 21.9 Å². The lowest BCUT2D eigenvalue weighted by Crippen LogP contribution is -2.14. The van der Waals surface area contributed by atoms with Crippen LogP contribution in [0.5, 0.6) is 0 Å². The molecule has 0 saturated carbocycles. The molecule has 28 heavy (non-hydrogen) atoms. The standard InChI is InChI=1S/C20H21ClN4OS2/c1-12(2)14-5-7-15(8-6-14)22-19-24-25-20(28-19)27-11-18(26)23-17-9-4-13(3)10-16(17)21/h4-10,12H,11H2,1-3H3,(H,22,24)(H,23,26). The number of carbonyl (C=O) groups is 1. The lowest BCUT2D eigenvalue weighted by molar-refractivity contribution is -0.113. The summed E-state index contributed by atoms with van der Waals surface area (Å²) in [5.41, 5.74) is 3.91. The van der Waals surface area contributed by atoms with Crippen molar-refractivity contribution in [2.24, 2.45) is 0 Å². The normalized spacial score (nSPS) is 10.9. The van der Waals surface area contributed by atoms with E-state index >= 15 is 0 Å². The smallest absolute Gasteiger partial charge is 0.234 e. The topological polar surface area (TPSA) is 66.9 Å². The highest BCUT2D eigenvalue weighted by Gasteiger charge is 2.10. The molecular weight excluding hydrogens is 412 g/mol. The van der Waals surface area contributed by atoms with Crippen molar-refractivity contribution in [1.82, 2.24) is 10.2 Å². The molecule has 0 saturated heterocycles. The first-order chi connectivity index (χ1) is 13.4. The Hall–Kier alpha value is -2.09. The second kappa shape index (κ2) is 9.41. The zero-order valence-corrected chi connectivity index (χ0v) is 18.2. The first kappa shape index (κ1) is 20.6. The maximum atomic E-state index is 12.2. The van der Waals surface area contributed by atoms with Crippen molar-refractivity contribution in [2.45, 2.75) is 31.0 Å². The molecule has 0 aliphatic heterocycles. The molecule has 1 heterocycles. The van der Waals surface area contributed by atoms with Crippen molar-refractivity contribution in [1.29, 1.82) is 0 Å². The van der Waals surface area contributed by atoms with E-state index in [-0.39, 0.29) is 11.7 Å². The fraction of sp³-hybridized carbons (Fsp3) is 0.250. The van der Waals surface area contributed by atoms with Crippen LogP contribution in [0.4, 0.5) is 16.5 Å². The van der Waals surface area contributed by atoms with Gasteiger partial charge in [0.05, 0.1) is 16.5 Å². The molecule has 1 amide bonds. The Morgan fingerprint density at radius 1 is 1.18 bits per heavy atom. The van der Waals surface area contributed by atoms with Gasteiger partial charge in [0.1, 0.15) is 0 Å². The molecule has 0 bridgehead atoms. The highest BCUT2D eigenvalue weighted by molar-refractivity contribution is 8.01. The summed E-state index contributed by atoms with van der Waals surface area (Å²) in [6, 6.07) is 13.8. The van der Waals surface area contributed by atoms with E-state index in [1.54, 1.807) is 6.07 Å². The number of halogens is 1. The molecule has 0 fully saturated rings. The Morgan fingerprint density at radius 3 is 2.61 bits per heavy atom. The van der Waals surface area contributed by atoms with Gasteiger partial charge in [0, 0.05) is 5.69 Å². The molecule has 0 unspecified atom stereocenters. The fourth-order valence-corrected chi connectivity index (χ4v) is 4.28.